The molecule has 2 aromatic carbocycles. The highest BCUT2D eigenvalue weighted by atomic mass is 35.5. The van der Waals surface area contributed by atoms with Crippen LogP contribution in [0.4, 0.5) is 0 Å². The Hall–Kier alpha value is -2.73. The zero-order valence-electron chi connectivity index (χ0n) is 13.8. The van der Waals surface area contributed by atoms with E-state index in [9.17, 15) is 14.7 Å². The van der Waals surface area contributed by atoms with Crippen LogP contribution in [0.2, 0.25) is 5.02 Å². The molecule has 25 heavy (non-hydrogen) atoms. The molecule has 1 atom stereocenters. The van der Waals surface area contributed by atoms with Crippen LogP contribution in [0, 0.1) is 0 Å². The number of amides is 1. The standard InChI is InChI=1S/C18H18ClNO5/c1-11(17(22)20-10-12-5-3-4-6-15(12)19)25-18(23)14-8-7-13(24-2)9-16(14)21/h3-9,11,21H,10H2,1-2H3,(H,20,22)/t11-/m1/s1. The summed E-state index contributed by atoms with van der Waals surface area (Å²) in [7, 11) is 1.44. The normalized spacial score (nSPS) is 11.5. The van der Waals surface area contributed by atoms with Gasteiger partial charge in [0.1, 0.15) is 17.1 Å². The molecule has 2 N–H and O–H groups in total. The molecule has 0 bridgehead atoms. The third kappa shape index (κ3) is 4.87. The van der Waals surface area contributed by atoms with E-state index in [4.69, 9.17) is 21.1 Å². The maximum Gasteiger partial charge on any atom is 0.342 e. The number of benzene rings is 2. The average molecular weight is 364 g/mol. The summed E-state index contributed by atoms with van der Waals surface area (Å²) >= 11 is 6.02. The third-order valence-electron chi connectivity index (χ3n) is 3.49. The molecular formula is C18H18ClNO5. The lowest BCUT2D eigenvalue weighted by molar-refractivity contribution is -0.129. The second-order valence-electron chi connectivity index (χ2n) is 5.24. The number of carbonyl (C=O) groups excluding carboxylic acids is 2. The van der Waals surface area contributed by atoms with Gasteiger partial charge >= 0.3 is 5.97 Å². The zero-order valence-corrected chi connectivity index (χ0v) is 14.5. The number of hydrogen-bond donors (Lipinski definition) is 2. The molecule has 0 heterocycles. The van der Waals surface area contributed by atoms with Gasteiger partial charge in [0.05, 0.1) is 7.11 Å². The van der Waals surface area contributed by atoms with Gasteiger partial charge in [0, 0.05) is 17.6 Å². The van der Waals surface area contributed by atoms with E-state index >= 15 is 0 Å². The molecule has 0 aliphatic rings. The van der Waals surface area contributed by atoms with Crippen molar-refractivity contribution in [1.29, 1.82) is 0 Å². The fourth-order valence-corrected chi connectivity index (χ4v) is 2.26. The van der Waals surface area contributed by atoms with Crippen molar-refractivity contribution in [3.8, 4) is 11.5 Å². The van der Waals surface area contributed by atoms with Crippen molar-refractivity contribution in [2.24, 2.45) is 0 Å². The number of ether oxygens (including phenoxy) is 2. The monoisotopic (exact) mass is 363 g/mol. The number of hydrogen-bond acceptors (Lipinski definition) is 5. The quantitative estimate of drug-likeness (QED) is 0.771. The Kier molecular flexibility index (Phi) is 6.25. The van der Waals surface area contributed by atoms with Gasteiger partial charge in [-0.1, -0.05) is 29.8 Å². The summed E-state index contributed by atoms with van der Waals surface area (Å²) in [6.45, 7) is 1.66. The van der Waals surface area contributed by atoms with Crippen molar-refractivity contribution in [3.05, 3.63) is 58.6 Å². The molecule has 0 aromatic heterocycles. The van der Waals surface area contributed by atoms with Gasteiger partial charge in [-0.3, -0.25) is 4.79 Å². The first kappa shape index (κ1) is 18.6. The molecule has 1 amide bonds. The summed E-state index contributed by atoms with van der Waals surface area (Å²) in [5.74, 6) is -1.16. The Balaban J connectivity index is 1.94. The number of halogens is 1. The highest BCUT2D eigenvalue weighted by Crippen LogP contribution is 2.24. The smallest absolute Gasteiger partial charge is 0.342 e. The Bertz CT molecular complexity index is 778. The van der Waals surface area contributed by atoms with Crippen LogP contribution in [0.3, 0.4) is 0 Å². The molecule has 2 aromatic rings. The van der Waals surface area contributed by atoms with E-state index in [0.29, 0.717) is 10.8 Å². The lowest BCUT2D eigenvalue weighted by atomic mass is 10.2. The third-order valence-corrected chi connectivity index (χ3v) is 3.86. The highest BCUT2D eigenvalue weighted by Gasteiger charge is 2.21. The van der Waals surface area contributed by atoms with Gasteiger partial charge in [0.2, 0.25) is 0 Å². The minimum absolute atomic E-state index is 0.0495. The highest BCUT2D eigenvalue weighted by molar-refractivity contribution is 6.31. The first-order valence-electron chi connectivity index (χ1n) is 7.51. The van der Waals surface area contributed by atoms with E-state index in [2.05, 4.69) is 5.32 Å². The van der Waals surface area contributed by atoms with Crippen molar-refractivity contribution < 1.29 is 24.2 Å². The van der Waals surface area contributed by atoms with Crippen LogP contribution in [0.5, 0.6) is 11.5 Å². The molecule has 0 fully saturated rings. The minimum Gasteiger partial charge on any atom is -0.507 e. The van der Waals surface area contributed by atoms with E-state index < -0.39 is 18.0 Å². The van der Waals surface area contributed by atoms with E-state index in [1.165, 1.54) is 32.2 Å². The van der Waals surface area contributed by atoms with Gasteiger partial charge < -0.3 is 19.9 Å². The van der Waals surface area contributed by atoms with Crippen molar-refractivity contribution in [3.63, 3.8) is 0 Å². The number of phenols is 1. The Morgan fingerprint density at radius 1 is 1.24 bits per heavy atom. The van der Waals surface area contributed by atoms with Crippen LogP contribution in [0.15, 0.2) is 42.5 Å². The minimum atomic E-state index is -1.03. The molecule has 132 valence electrons. The second kappa shape index (κ2) is 8.39. The summed E-state index contributed by atoms with van der Waals surface area (Å²) in [6.07, 6.45) is -1.03. The average Bonchev–Trinajstić information content (AvgIpc) is 2.60. The van der Waals surface area contributed by atoms with Crippen LogP contribution in [-0.4, -0.2) is 30.2 Å². The maximum absolute atomic E-state index is 12.1. The van der Waals surface area contributed by atoms with Gasteiger partial charge in [-0.2, -0.15) is 0 Å². The summed E-state index contributed by atoms with van der Waals surface area (Å²) in [4.78, 5) is 24.2. The van der Waals surface area contributed by atoms with Gasteiger partial charge in [0.15, 0.2) is 6.10 Å². The molecule has 2 rings (SSSR count). The molecule has 0 aliphatic carbocycles. The largest absolute Gasteiger partial charge is 0.507 e. The first-order chi connectivity index (χ1) is 11.9. The Morgan fingerprint density at radius 2 is 1.96 bits per heavy atom. The van der Waals surface area contributed by atoms with Crippen LogP contribution in [-0.2, 0) is 16.1 Å². The van der Waals surface area contributed by atoms with Gasteiger partial charge in [-0.25, -0.2) is 4.79 Å². The van der Waals surface area contributed by atoms with Crippen molar-refractivity contribution in [2.45, 2.75) is 19.6 Å². The number of esters is 1. The van der Waals surface area contributed by atoms with Crippen LogP contribution in [0.1, 0.15) is 22.8 Å². The van der Waals surface area contributed by atoms with Crippen molar-refractivity contribution in [2.75, 3.05) is 7.11 Å². The van der Waals surface area contributed by atoms with Crippen molar-refractivity contribution in [1.82, 2.24) is 5.32 Å². The Morgan fingerprint density at radius 3 is 2.60 bits per heavy atom. The summed E-state index contributed by atoms with van der Waals surface area (Å²) in [6, 6.07) is 11.3. The molecule has 7 heteroatoms. The van der Waals surface area contributed by atoms with Gasteiger partial charge in [-0.05, 0) is 30.7 Å². The van der Waals surface area contributed by atoms with Gasteiger partial charge in [-0.15, -0.1) is 0 Å². The van der Waals surface area contributed by atoms with E-state index in [-0.39, 0.29) is 17.9 Å². The van der Waals surface area contributed by atoms with Crippen LogP contribution in [0.25, 0.3) is 0 Å². The number of aromatic hydroxyl groups is 1. The molecular weight excluding hydrogens is 346 g/mol. The molecule has 0 radical (unpaired) electrons. The molecule has 0 saturated carbocycles. The molecule has 0 aliphatic heterocycles. The number of phenolic OH excluding ortho intramolecular Hbond substituents is 1. The topological polar surface area (TPSA) is 84.9 Å². The number of rotatable bonds is 6. The second-order valence-corrected chi connectivity index (χ2v) is 5.65. The molecule has 0 spiro atoms. The predicted molar refractivity (Wildman–Crippen MR) is 92.8 cm³/mol. The fourth-order valence-electron chi connectivity index (χ4n) is 2.06. The number of nitrogens with one attached hydrogen (secondary N) is 1. The fraction of sp³-hybridized carbons (Fsp3) is 0.222. The maximum atomic E-state index is 12.1. The number of methoxy groups -OCH3 is 1. The summed E-state index contributed by atoms with van der Waals surface area (Å²) < 4.78 is 10.0. The molecule has 6 nitrogen and oxygen atoms in total. The lowest BCUT2D eigenvalue weighted by Gasteiger charge is -2.14. The van der Waals surface area contributed by atoms with Crippen molar-refractivity contribution >= 4 is 23.5 Å². The van der Waals surface area contributed by atoms with E-state index in [1.54, 1.807) is 18.2 Å². The zero-order chi connectivity index (χ0) is 18.4. The first-order valence-corrected chi connectivity index (χ1v) is 7.89. The predicted octanol–water partition coefficient (Wildman–Crippen LogP) is 2.92. The van der Waals surface area contributed by atoms with E-state index in [0.717, 1.165) is 5.56 Å². The van der Waals surface area contributed by atoms with Gasteiger partial charge in [0.25, 0.3) is 5.91 Å². The van der Waals surface area contributed by atoms with Crippen LogP contribution < -0.4 is 10.1 Å². The van der Waals surface area contributed by atoms with E-state index in [1.807, 2.05) is 6.07 Å². The Labute approximate surface area is 150 Å². The SMILES string of the molecule is COc1ccc(C(=O)O[C@H](C)C(=O)NCc2ccccc2Cl)c(O)c1. The van der Waals surface area contributed by atoms with Crippen LogP contribution >= 0.6 is 11.6 Å². The number of carbonyl (C=O) groups is 2. The summed E-state index contributed by atoms with van der Waals surface area (Å²) in [5, 5.41) is 13.0. The molecule has 0 saturated heterocycles. The summed E-state index contributed by atoms with van der Waals surface area (Å²) in [5.41, 5.74) is 0.704. The lowest BCUT2D eigenvalue weighted by Crippen LogP contribution is -2.35. The molecule has 0 unspecified atom stereocenters.